The second kappa shape index (κ2) is 21.0. The Morgan fingerprint density at radius 1 is 0.982 bits per heavy atom. The first-order valence-electron chi connectivity index (χ1n) is 22.2. The minimum atomic E-state index is -2.86. The fourth-order valence-electron chi connectivity index (χ4n) is 9.31. The lowest BCUT2D eigenvalue weighted by Gasteiger charge is -2.47. The molecule has 0 aromatic carbocycles. The lowest BCUT2D eigenvalue weighted by atomic mass is 9.81. The number of hydrogen-bond donors (Lipinski definition) is 3. The molecule has 0 spiro atoms. The van der Waals surface area contributed by atoms with Crippen molar-refractivity contribution in [3.05, 3.63) is 36.0 Å². The lowest BCUT2D eigenvalue weighted by Crippen LogP contribution is -2.64. The molecule has 4 aliphatic rings. The molecule has 1 saturated carbocycles. The number of carbonyl (C=O) groups is 4. The van der Waals surface area contributed by atoms with E-state index in [0.29, 0.717) is 50.5 Å². The summed E-state index contributed by atoms with van der Waals surface area (Å²) >= 11 is 0. The van der Waals surface area contributed by atoms with E-state index in [4.69, 9.17) is 27.8 Å². The largest absolute Gasteiger partial charge is 0.456 e. The Labute approximate surface area is 343 Å². The number of esters is 1. The highest BCUT2D eigenvalue weighted by Gasteiger charge is 2.56. The van der Waals surface area contributed by atoms with Gasteiger partial charge in [-0.2, -0.15) is 0 Å². The molecule has 1 unspecified atom stereocenters. The third-order valence-electron chi connectivity index (χ3n) is 12.7. The number of aliphatic hydroxyl groups is 3. The van der Waals surface area contributed by atoms with E-state index in [2.05, 4.69) is 6.58 Å². The molecule has 3 N–H and O–H groups in total. The molecule has 57 heavy (non-hydrogen) atoms. The summed E-state index contributed by atoms with van der Waals surface area (Å²) in [6.07, 6.45) is 2.30. The van der Waals surface area contributed by atoms with E-state index < -0.39 is 90.9 Å². The molecule has 4 rings (SSSR count). The Kier molecular flexibility index (Phi) is 15.6. The third-order valence-corrected chi connectivity index (χ3v) is 12.7. The molecule has 2 bridgehead atoms. The molecule has 0 radical (unpaired) electrons. The number of nitrogens with zero attached hydrogens (tertiary/aromatic N) is 1. The van der Waals surface area contributed by atoms with Crippen molar-refractivity contribution in [2.24, 2.45) is 29.6 Å². The normalized spacial score (nSPS) is 42.0. The topological polar surface area (TPSA) is 178 Å². The minimum absolute atomic E-state index is 0.00719. The van der Waals surface area contributed by atoms with Gasteiger partial charge in [0.15, 0.2) is 0 Å². The monoisotopic (exact) mass is 807 g/mol. The van der Waals surface area contributed by atoms with Crippen LogP contribution in [-0.4, -0.2) is 126 Å². The number of rotatable bonds is 7. The maximum absolute atomic E-state index is 14.3. The van der Waals surface area contributed by atoms with Crippen molar-refractivity contribution in [2.75, 3.05) is 27.8 Å². The molecule has 3 heterocycles. The molecule has 1 aliphatic carbocycles. The van der Waals surface area contributed by atoms with Gasteiger partial charge in [0.1, 0.15) is 24.0 Å². The number of allylic oxidation sites excluding steroid dienone is 4. The number of cyclic esters (lactones) is 1. The fraction of sp³-hybridized carbons (Fsp3) is 0.773. The number of fused-ring (bicyclic) bond motifs is 3. The standard InChI is InChI=1S/C44H69NO12/c1-10-13-31-19-25(2)18-26(3)20-37(54-8)40-38(55-9)22-28(5)44(52,57-40)41(49)42(50)45-17-12-11-14-32(45)43(51)56-39(29(6)34(47)24-35(31)48)27(4)21-30-15-16-33(46)36(23-30)53-7/h10,19,21,26,28-34,36-40,46-47,52H,1,11-18,20,22-24H2,2-9H3/b25-19+,27-21+/t26-,28+,29+,30-,31+,32?,33+,34-,36+,37-,38-,39+,40+,44+/m0/s1/i9D3. The lowest BCUT2D eigenvalue weighted by molar-refractivity contribution is -0.302. The second-order valence-electron chi connectivity index (χ2n) is 17.2. The third kappa shape index (κ3) is 11.3. The van der Waals surface area contributed by atoms with Crippen molar-refractivity contribution < 1.29 is 62.3 Å². The van der Waals surface area contributed by atoms with Crippen molar-refractivity contribution in [3.8, 4) is 0 Å². The average Bonchev–Trinajstić information content (AvgIpc) is 3.18. The predicted molar refractivity (Wildman–Crippen MR) is 213 cm³/mol. The Morgan fingerprint density at radius 3 is 2.35 bits per heavy atom. The van der Waals surface area contributed by atoms with Gasteiger partial charge in [-0.3, -0.25) is 14.4 Å². The van der Waals surface area contributed by atoms with Crippen molar-refractivity contribution in [3.63, 3.8) is 0 Å². The number of methoxy groups -OCH3 is 3. The maximum Gasteiger partial charge on any atom is 0.329 e. The van der Waals surface area contributed by atoms with Crippen LogP contribution >= 0.6 is 0 Å². The van der Waals surface area contributed by atoms with Crippen LogP contribution < -0.4 is 0 Å². The summed E-state index contributed by atoms with van der Waals surface area (Å²) in [7, 11) is 0.0831. The highest BCUT2D eigenvalue weighted by molar-refractivity contribution is 6.39. The molecule has 2 saturated heterocycles. The molecular weight excluding hydrogens is 734 g/mol. The number of aliphatic hydroxyl groups excluding tert-OH is 2. The minimum Gasteiger partial charge on any atom is -0.456 e. The summed E-state index contributed by atoms with van der Waals surface area (Å²) in [5.41, 5.74) is 1.48. The van der Waals surface area contributed by atoms with Crippen LogP contribution in [0.2, 0.25) is 0 Å². The number of Topliss-reactive ketones (excluding diaryl/α,β-unsaturated/α-hetero) is 2. The highest BCUT2D eigenvalue weighted by Crippen LogP contribution is 2.39. The maximum atomic E-state index is 14.3. The summed E-state index contributed by atoms with van der Waals surface area (Å²) in [6.45, 7) is 12.6. The zero-order chi connectivity index (χ0) is 44.7. The molecule has 1 amide bonds. The number of piperidine rings is 1. The van der Waals surface area contributed by atoms with Crippen LogP contribution in [0.25, 0.3) is 0 Å². The summed E-state index contributed by atoms with van der Waals surface area (Å²) in [5.74, 6) is -8.92. The first-order valence-corrected chi connectivity index (χ1v) is 20.7. The van der Waals surface area contributed by atoms with Gasteiger partial charge in [0.25, 0.3) is 11.7 Å². The first kappa shape index (κ1) is 42.3. The quantitative estimate of drug-likeness (QED) is 0.185. The van der Waals surface area contributed by atoms with Crippen LogP contribution in [-0.2, 0) is 42.9 Å². The van der Waals surface area contributed by atoms with Crippen LogP contribution in [0.4, 0.5) is 0 Å². The molecule has 13 nitrogen and oxygen atoms in total. The molecular formula is C44H69NO12. The van der Waals surface area contributed by atoms with Gasteiger partial charge in [0, 0.05) is 52.0 Å². The van der Waals surface area contributed by atoms with Gasteiger partial charge < -0.3 is 43.9 Å². The number of hydrogen-bond acceptors (Lipinski definition) is 12. The summed E-state index contributed by atoms with van der Waals surface area (Å²) in [4.78, 5) is 58.0. The summed E-state index contributed by atoms with van der Waals surface area (Å²) in [5, 5.41) is 34.2. The van der Waals surface area contributed by atoms with Crippen LogP contribution in [0.5, 0.6) is 0 Å². The Hall–Kier alpha value is -2.78. The van der Waals surface area contributed by atoms with E-state index in [1.165, 1.54) is 14.0 Å². The zero-order valence-corrected chi connectivity index (χ0v) is 34.9. The first-order chi connectivity index (χ1) is 28.1. The van der Waals surface area contributed by atoms with Gasteiger partial charge in [0.2, 0.25) is 5.79 Å². The van der Waals surface area contributed by atoms with E-state index in [1.54, 1.807) is 27.0 Å². The van der Waals surface area contributed by atoms with E-state index in [0.717, 1.165) is 10.5 Å². The van der Waals surface area contributed by atoms with Gasteiger partial charge >= 0.3 is 5.97 Å². The molecule has 3 fully saturated rings. The van der Waals surface area contributed by atoms with E-state index in [-0.39, 0.29) is 56.0 Å². The van der Waals surface area contributed by atoms with Crippen molar-refractivity contribution in [1.82, 2.24) is 4.90 Å². The molecule has 14 atom stereocenters. The van der Waals surface area contributed by atoms with E-state index >= 15 is 0 Å². The Bertz CT molecular complexity index is 1580. The second-order valence-corrected chi connectivity index (χ2v) is 17.2. The number of ether oxygens (including phenoxy) is 5. The molecule has 0 aromatic heterocycles. The Morgan fingerprint density at radius 2 is 1.68 bits per heavy atom. The van der Waals surface area contributed by atoms with Gasteiger partial charge in [-0.25, -0.2) is 4.79 Å². The summed E-state index contributed by atoms with van der Waals surface area (Å²) in [6, 6.07) is -1.23. The molecule has 3 aliphatic heterocycles. The van der Waals surface area contributed by atoms with Crippen LogP contribution in [0.15, 0.2) is 36.0 Å². The summed E-state index contributed by atoms with van der Waals surface area (Å²) < 4.78 is 52.8. The molecule has 322 valence electrons. The average molecular weight is 807 g/mol. The van der Waals surface area contributed by atoms with Gasteiger partial charge in [-0.1, -0.05) is 44.6 Å². The van der Waals surface area contributed by atoms with Crippen molar-refractivity contribution in [1.29, 1.82) is 0 Å². The van der Waals surface area contributed by atoms with Crippen LogP contribution in [0.3, 0.4) is 0 Å². The Balaban J connectivity index is 1.80. The predicted octanol–water partition coefficient (Wildman–Crippen LogP) is 4.64. The molecule has 0 aromatic rings. The number of ketones is 2. The molecule has 13 heteroatoms. The number of carbonyl (C=O) groups excluding carboxylic acids is 4. The van der Waals surface area contributed by atoms with Crippen molar-refractivity contribution >= 4 is 23.4 Å². The van der Waals surface area contributed by atoms with Gasteiger partial charge in [-0.05, 0) is 95.5 Å². The zero-order valence-electron chi connectivity index (χ0n) is 37.9. The SMILES string of the molecule is [2H]C([2H])([2H])O[C@H]1C[C@@H](C)[C@@]2(O)O[C@@H]1[C@@H](OC)C[C@@H](C)C/C(C)=C/[C@@H](CC=C)C(=O)C[C@H](O)[C@@H](C)[C@@H](/C(C)=C/[C@@H]1CC[C@@H](O)[C@H](OC)C1)OC(=O)C1CCCCN1C(=O)C2=O. The van der Waals surface area contributed by atoms with Crippen molar-refractivity contribution in [2.45, 2.75) is 160 Å². The van der Waals surface area contributed by atoms with Gasteiger partial charge in [0.05, 0.1) is 34.6 Å². The number of amides is 1. The van der Waals surface area contributed by atoms with Crippen LogP contribution in [0.1, 0.15) is 109 Å². The van der Waals surface area contributed by atoms with E-state index in [9.17, 15) is 34.5 Å². The smallest absolute Gasteiger partial charge is 0.329 e. The van der Waals surface area contributed by atoms with E-state index in [1.807, 2.05) is 26.0 Å². The van der Waals surface area contributed by atoms with Crippen LogP contribution in [0, 0.1) is 29.6 Å². The fourth-order valence-corrected chi connectivity index (χ4v) is 9.31. The van der Waals surface area contributed by atoms with Gasteiger partial charge in [-0.15, -0.1) is 6.58 Å². The highest BCUT2D eigenvalue weighted by atomic mass is 16.7.